The molecule has 0 aliphatic heterocycles. The molecule has 0 atom stereocenters. The summed E-state index contributed by atoms with van der Waals surface area (Å²) >= 11 is 5.97. The van der Waals surface area contributed by atoms with Crippen molar-refractivity contribution in [1.82, 2.24) is 14.8 Å². The number of aromatic nitrogens is 3. The van der Waals surface area contributed by atoms with E-state index in [1.54, 1.807) is 44.2 Å². The summed E-state index contributed by atoms with van der Waals surface area (Å²) in [6.45, 7) is 3.52. The number of carbonyl (C=O) groups is 1. The molecule has 0 spiro atoms. The fourth-order valence-electron chi connectivity index (χ4n) is 3.28. The Balaban J connectivity index is 1.76. The van der Waals surface area contributed by atoms with E-state index in [9.17, 15) is 19.5 Å². The number of esters is 1. The lowest BCUT2D eigenvalue weighted by Crippen LogP contribution is -2.28. The zero-order valence-corrected chi connectivity index (χ0v) is 17.4. The van der Waals surface area contributed by atoms with Crippen molar-refractivity contribution in [2.24, 2.45) is 0 Å². The zero-order chi connectivity index (χ0) is 22.3. The topological polar surface area (TPSA) is 114 Å². The van der Waals surface area contributed by atoms with E-state index in [0.29, 0.717) is 21.7 Å². The van der Waals surface area contributed by atoms with Crippen molar-refractivity contribution in [1.29, 1.82) is 0 Å². The Morgan fingerprint density at radius 2 is 1.90 bits per heavy atom. The largest absolute Gasteiger partial charge is 0.491 e. The summed E-state index contributed by atoms with van der Waals surface area (Å²) in [5.74, 6) is -0.926. The number of halogens is 1. The summed E-state index contributed by atoms with van der Waals surface area (Å²) in [7, 11) is 0. The number of hydrogen-bond donors (Lipinski definition) is 2. The minimum atomic E-state index is -0.644. The maximum atomic E-state index is 13.0. The fraction of sp³-hybridized carbons (Fsp3) is 0.182. The van der Waals surface area contributed by atoms with Crippen LogP contribution in [0, 0.1) is 0 Å². The van der Waals surface area contributed by atoms with Gasteiger partial charge in [0.05, 0.1) is 23.7 Å². The molecule has 158 valence electrons. The van der Waals surface area contributed by atoms with E-state index in [0.717, 1.165) is 4.68 Å². The molecule has 0 unspecified atom stereocenters. The Hall–Kier alpha value is -3.65. The maximum Gasteiger partial charge on any atom is 0.338 e. The van der Waals surface area contributed by atoms with E-state index in [-0.39, 0.29) is 28.9 Å². The van der Waals surface area contributed by atoms with Gasteiger partial charge in [-0.25, -0.2) is 9.48 Å². The third-order valence-electron chi connectivity index (χ3n) is 4.72. The minimum Gasteiger partial charge on any atom is -0.491 e. The minimum absolute atomic E-state index is 0.0000630. The molecular weight excluding hydrogens is 422 g/mol. The van der Waals surface area contributed by atoms with Crippen molar-refractivity contribution in [3.05, 3.63) is 79.2 Å². The molecule has 0 saturated carbocycles. The van der Waals surface area contributed by atoms with Crippen LogP contribution >= 0.6 is 11.6 Å². The monoisotopic (exact) mass is 439 g/mol. The highest BCUT2D eigenvalue weighted by molar-refractivity contribution is 6.31. The standard InChI is InChI=1S/C22H18ClN3O5/c1-11(2)31-22(30)13-5-3-12(4-6-13)10-26-21(29)17-18(20(28)25-26)24-16-9-14(23)7-8-15(16)19(17)27/h3-9,11H,10H2,1-2H3,(H,24,27)(H,25,28). The number of carbonyl (C=O) groups excluding carboxylic acids is 1. The lowest BCUT2D eigenvalue weighted by Gasteiger charge is -2.10. The van der Waals surface area contributed by atoms with Crippen molar-refractivity contribution in [2.75, 3.05) is 0 Å². The molecule has 31 heavy (non-hydrogen) atoms. The molecule has 0 fully saturated rings. The molecule has 0 aliphatic carbocycles. The van der Waals surface area contributed by atoms with Gasteiger partial charge in [0.2, 0.25) is 5.43 Å². The van der Waals surface area contributed by atoms with E-state index < -0.39 is 22.8 Å². The van der Waals surface area contributed by atoms with Gasteiger partial charge >= 0.3 is 5.97 Å². The lowest BCUT2D eigenvalue weighted by atomic mass is 10.1. The molecule has 2 aromatic carbocycles. The van der Waals surface area contributed by atoms with Gasteiger partial charge in [0.25, 0.3) is 11.4 Å². The van der Waals surface area contributed by atoms with Crippen LogP contribution in [-0.4, -0.2) is 31.9 Å². The SMILES string of the molecule is CC(C)OC(=O)c1ccc(Cn2nc(O)c3[nH]c4cc(Cl)ccc4c(=O)c3c2=O)cc1. The molecular formula is C22H18ClN3O5. The number of fused-ring (bicyclic) bond motifs is 2. The number of benzene rings is 2. The van der Waals surface area contributed by atoms with Crippen molar-refractivity contribution in [3.8, 4) is 5.88 Å². The third kappa shape index (κ3) is 3.89. The zero-order valence-electron chi connectivity index (χ0n) is 16.7. The van der Waals surface area contributed by atoms with Crippen LogP contribution in [0.1, 0.15) is 29.8 Å². The molecule has 9 heteroatoms. The second-order valence-corrected chi connectivity index (χ2v) is 7.77. The third-order valence-corrected chi connectivity index (χ3v) is 4.95. The van der Waals surface area contributed by atoms with Crippen LogP contribution < -0.4 is 11.0 Å². The molecule has 8 nitrogen and oxygen atoms in total. The maximum absolute atomic E-state index is 13.0. The Morgan fingerprint density at radius 1 is 1.19 bits per heavy atom. The van der Waals surface area contributed by atoms with E-state index >= 15 is 0 Å². The predicted molar refractivity (Wildman–Crippen MR) is 117 cm³/mol. The number of nitrogens with one attached hydrogen (secondary N) is 1. The van der Waals surface area contributed by atoms with Crippen LogP contribution in [0.3, 0.4) is 0 Å². The van der Waals surface area contributed by atoms with Gasteiger partial charge in [-0.05, 0) is 49.7 Å². The lowest BCUT2D eigenvalue weighted by molar-refractivity contribution is 0.0378. The van der Waals surface area contributed by atoms with Gasteiger partial charge in [-0.3, -0.25) is 9.59 Å². The van der Waals surface area contributed by atoms with Gasteiger partial charge in [0.15, 0.2) is 0 Å². The summed E-state index contributed by atoms with van der Waals surface area (Å²) in [5, 5.41) is 14.8. The van der Waals surface area contributed by atoms with Crippen LogP contribution in [-0.2, 0) is 11.3 Å². The van der Waals surface area contributed by atoms with Crippen LogP contribution in [0.15, 0.2) is 52.1 Å². The van der Waals surface area contributed by atoms with Crippen LogP contribution in [0.2, 0.25) is 5.02 Å². The Kier molecular flexibility index (Phi) is 5.24. The summed E-state index contributed by atoms with van der Waals surface area (Å²) in [6, 6.07) is 11.1. The molecule has 2 N–H and O–H groups in total. The number of hydrogen-bond acceptors (Lipinski definition) is 6. The van der Waals surface area contributed by atoms with Crippen molar-refractivity contribution in [2.45, 2.75) is 26.5 Å². The average Bonchev–Trinajstić information content (AvgIpc) is 2.71. The molecule has 0 amide bonds. The smallest absolute Gasteiger partial charge is 0.338 e. The second kappa shape index (κ2) is 7.88. The molecule has 4 aromatic rings. The number of H-pyrrole nitrogens is 1. The van der Waals surface area contributed by atoms with Gasteiger partial charge in [-0.1, -0.05) is 23.7 Å². The van der Waals surface area contributed by atoms with Gasteiger partial charge in [0.1, 0.15) is 10.9 Å². The van der Waals surface area contributed by atoms with E-state index in [1.165, 1.54) is 12.1 Å². The number of rotatable bonds is 4. The van der Waals surface area contributed by atoms with Crippen molar-refractivity contribution in [3.63, 3.8) is 0 Å². The molecule has 0 radical (unpaired) electrons. The molecule has 0 saturated heterocycles. The highest BCUT2D eigenvalue weighted by atomic mass is 35.5. The first-order valence-electron chi connectivity index (χ1n) is 9.50. The van der Waals surface area contributed by atoms with Crippen molar-refractivity contribution >= 4 is 39.4 Å². The summed E-state index contributed by atoms with van der Waals surface area (Å²) in [4.78, 5) is 40.7. The summed E-state index contributed by atoms with van der Waals surface area (Å²) < 4.78 is 6.16. The molecule has 2 heterocycles. The summed E-state index contributed by atoms with van der Waals surface area (Å²) in [5.41, 5.74) is 0.202. The molecule has 4 rings (SSSR count). The number of pyridine rings is 1. The van der Waals surface area contributed by atoms with Gasteiger partial charge in [-0.15, -0.1) is 5.10 Å². The van der Waals surface area contributed by atoms with Crippen molar-refractivity contribution < 1.29 is 14.6 Å². The van der Waals surface area contributed by atoms with Crippen LogP contribution in [0.25, 0.3) is 21.8 Å². The highest BCUT2D eigenvalue weighted by Gasteiger charge is 2.17. The highest BCUT2D eigenvalue weighted by Crippen LogP contribution is 2.21. The number of nitrogens with zero attached hydrogens (tertiary/aromatic N) is 2. The van der Waals surface area contributed by atoms with Gasteiger partial charge in [-0.2, -0.15) is 0 Å². The normalized spacial score (nSPS) is 11.4. The van der Waals surface area contributed by atoms with Gasteiger partial charge < -0.3 is 14.8 Å². The fourth-order valence-corrected chi connectivity index (χ4v) is 3.45. The second-order valence-electron chi connectivity index (χ2n) is 7.33. The number of ether oxygens (including phenoxy) is 1. The molecule has 0 aliphatic rings. The van der Waals surface area contributed by atoms with Gasteiger partial charge in [0, 0.05) is 10.4 Å². The van der Waals surface area contributed by atoms with E-state index in [4.69, 9.17) is 16.3 Å². The first-order chi connectivity index (χ1) is 14.7. The van der Waals surface area contributed by atoms with E-state index in [1.807, 2.05) is 0 Å². The average molecular weight is 440 g/mol. The quantitative estimate of drug-likeness (QED) is 0.373. The van der Waals surface area contributed by atoms with Crippen LogP contribution in [0.4, 0.5) is 0 Å². The number of aromatic amines is 1. The Bertz CT molecular complexity index is 1440. The van der Waals surface area contributed by atoms with Crippen LogP contribution in [0.5, 0.6) is 5.88 Å². The molecule has 0 bridgehead atoms. The summed E-state index contributed by atoms with van der Waals surface area (Å²) in [6.07, 6.45) is -0.235. The Labute approximate surface area is 180 Å². The Morgan fingerprint density at radius 3 is 2.58 bits per heavy atom. The van der Waals surface area contributed by atoms with E-state index in [2.05, 4.69) is 10.1 Å². The first kappa shape index (κ1) is 20.6. The number of aromatic hydroxyl groups is 1. The molecule has 2 aromatic heterocycles. The first-order valence-corrected chi connectivity index (χ1v) is 9.87. The predicted octanol–water partition coefficient (Wildman–Crippen LogP) is 3.21.